The van der Waals surface area contributed by atoms with Gasteiger partial charge in [0.15, 0.2) is 0 Å². The zero-order valence-corrected chi connectivity index (χ0v) is 10.7. The van der Waals surface area contributed by atoms with E-state index < -0.39 is 4.92 Å². The molecule has 2 aromatic rings. The predicted octanol–water partition coefficient (Wildman–Crippen LogP) is 2.86. The van der Waals surface area contributed by atoms with E-state index in [2.05, 4.69) is 5.32 Å². The summed E-state index contributed by atoms with van der Waals surface area (Å²) in [5.41, 5.74) is 0.705. The maximum absolute atomic E-state index is 12.0. The summed E-state index contributed by atoms with van der Waals surface area (Å²) >= 11 is 0. The van der Waals surface area contributed by atoms with Crippen molar-refractivity contribution in [1.29, 1.82) is 0 Å². The first-order valence-electron chi connectivity index (χ1n) is 5.80. The highest BCUT2D eigenvalue weighted by molar-refractivity contribution is 6.04. The van der Waals surface area contributed by atoms with E-state index in [4.69, 9.17) is 4.74 Å². The van der Waals surface area contributed by atoms with E-state index in [0.717, 1.165) is 0 Å². The molecule has 0 spiro atoms. The van der Waals surface area contributed by atoms with Crippen LogP contribution in [0.15, 0.2) is 48.5 Å². The second kappa shape index (κ2) is 5.83. The van der Waals surface area contributed by atoms with E-state index in [-0.39, 0.29) is 11.6 Å². The van der Waals surface area contributed by atoms with Crippen LogP contribution >= 0.6 is 0 Å². The Kier molecular flexibility index (Phi) is 3.95. The number of anilines is 1. The van der Waals surface area contributed by atoms with Gasteiger partial charge in [-0.2, -0.15) is 0 Å². The number of hydrogen-bond donors (Lipinski definition) is 1. The standard InChI is InChI=1S/C14H12N2O4/c1-20-13-7-2-4-10(8-13)14(17)15-11-5-3-6-12(9-11)16(18)19/h2-9H,1H3,(H,15,17). The Labute approximate surface area is 115 Å². The first-order valence-corrected chi connectivity index (χ1v) is 5.80. The fourth-order valence-electron chi connectivity index (χ4n) is 1.66. The summed E-state index contributed by atoms with van der Waals surface area (Å²) in [5, 5.41) is 13.3. The molecule has 0 bridgehead atoms. The fourth-order valence-corrected chi connectivity index (χ4v) is 1.66. The van der Waals surface area contributed by atoms with E-state index in [0.29, 0.717) is 17.0 Å². The Morgan fingerprint density at radius 1 is 1.20 bits per heavy atom. The minimum absolute atomic E-state index is 0.0755. The molecule has 0 unspecified atom stereocenters. The molecule has 0 aliphatic carbocycles. The summed E-state index contributed by atoms with van der Waals surface area (Å²) in [6.07, 6.45) is 0. The van der Waals surface area contributed by atoms with Crippen molar-refractivity contribution in [1.82, 2.24) is 0 Å². The number of ether oxygens (including phenoxy) is 1. The van der Waals surface area contributed by atoms with Crippen molar-refractivity contribution in [3.05, 3.63) is 64.2 Å². The SMILES string of the molecule is COc1cccc(C(=O)Nc2cccc([N+](=O)[O-])c2)c1. The summed E-state index contributed by atoms with van der Waals surface area (Å²) in [6.45, 7) is 0. The van der Waals surface area contributed by atoms with Gasteiger partial charge in [0.2, 0.25) is 0 Å². The highest BCUT2D eigenvalue weighted by Crippen LogP contribution is 2.19. The molecule has 102 valence electrons. The first-order chi connectivity index (χ1) is 9.60. The normalized spacial score (nSPS) is 9.85. The molecule has 1 N–H and O–H groups in total. The van der Waals surface area contributed by atoms with Crippen LogP contribution in [0, 0.1) is 10.1 Å². The summed E-state index contributed by atoms with van der Waals surface area (Å²) in [6, 6.07) is 12.4. The number of benzene rings is 2. The van der Waals surface area contributed by atoms with Crippen molar-refractivity contribution in [2.75, 3.05) is 12.4 Å². The number of nitro benzene ring substituents is 1. The molecule has 20 heavy (non-hydrogen) atoms. The second-order valence-corrected chi connectivity index (χ2v) is 3.99. The maximum atomic E-state index is 12.0. The third kappa shape index (κ3) is 3.11. The van der Waals surface area contributed by atoms with Crippen molar-refractivity contribution in [3.63, 3.8) is 0 Å². The Hall–Kier alpha value is -2.89. The third-order valence-corrected chi connectivity index (χ3v) is 2.65. The summed E-state index contributed by atoms with van der Waals surface area (Å²) in [4.78, 5) is 22.2. The number of nitrogens with zero attached hydrogens (tertiary/aromatic N) is 1. The quantitative estimate of drug-likeness (QED) is 0.685. The van der Waals surface area contributed by atoms with Gasteiger partial charge in [-0.25, -0.2) is 0 Å². The smallest absolute Gasteiger partial charge is 0.271 e. The maximum Gasteiger partial charge on any atom is 0.271 e. The first kappa shape index (κ1) is 13.5. The van der Waals surface area contributed by atoms with E-state index in [1.54, 1.807) is 30.3 Å². The lowest BCUT2D eigenvalue weighted by atomic mass is 10.2. The molecule has 0 heterocycles. The minimum atomic E-state index is -0.513. The average Bonchev–Trinajstić information content (AvgIpc) is 2.47. The van der Waals surface area contributed by atoms with Crippen LogP contribution in [0.25, 0.3) is 0 Å². The zero-order valence-electron chi connectivity index (χ0n) is 10.7. The van der Waals surface area contributed by atoms with E-state index in [1.807, 2.05) is 0 Å². The molecule has 0 atom stereocenters. The molecular weight excluding hydrogens is 260 g/mol. The van der Waals surface area contributed by atoms with Crippen molar-refractivity contribution < 1.29 is 14.5 Å². The molecule has 0 saturated carbocycles. The van der Waals surface area contributed by atoms with E-state index in [9.17, 15) is 14.9 Å². The average molecular weight is 272 g/mol. The van der Waals surface area contributed by atoms with Gasteiger partial charge in [0, 0.05) is 23.4 Å². The Morgan fingerprint density at radius 3 is 2.65 bits per heavy atom. The minimum Gasteiger partial charge on any atom is -0.497 e. The van der Waals surface area contributed by atoms with Gasteiger partial charge in [-0.05, 0) is 24.3 Å². The van der Waals surface area contributed by atoms with Gasteiger partial charge in [-0.1, -0.05) is 12.1 Å². The number of non-ortho nitro benzene ring substituents is 1. The summed E-state index contributed by atoms with van der Waals surface area (Å²) in [5.74, 6) is 0.209. The number of hydrogen-bond acceptors (Lipinski definition) is 4. The molecule has 0 saturated heterocycles. The van der Waals surface area contributed by atoms with Crippen LogP contribution in [0.2, 0.25) is 0 Å². The highest BCUT2D eigenvalue weighted by Gasteiger charge is 2.10. The topological polar surface area (TPSA) is 81.5 Å². The molecule has 2 rings (SSSR count). The lowest BCUT2D eigenvalue weighted by Crippen LogP contribution is -2.12. The van der Waals surface area contributed by atoms with Crippen molar-refractivity contribution in [3.8, 4) is 5.75 Å². The van der Waals surface area contributed by atoms with Crippen LogP contribution < -0.4 is 10.1 Å². The lowest BCUT2D eigenvalue weighted by Gasteiger charge is -2.06. The zero-order chi connectivity index (χ0) is 14.5. The molecule has 0 fully saturated rings. The number of methoxy groups -OCH3 is 1. The van der Waals surface area contributed by atoms with Gasteiger partial charge in [-0.3, -0.25) is 14.9 Å². The van der Waals surface area contributed by atoms with Gasteiger partial charge in [0.05, 0.1) is 12.0 Å². The molecule has 6 nitrogen and oxygen atoms in total. The van der Waals surface area contributed by atoms with Gasteiger partial charge in [-0.15, -0.1) is 0 Å². The van der Waals surface area contributed by atoms with Crippen LogP contribution in [0.4, 0.5) is 11.4 Å². The van der Waals surface area contributed by atoms with Crippen LogP contribution in [-0.4, -0.2) is 17.9 Å². The van der Waals surface area contributed by atoms with Crippen LogP contribution in [0.3, 0.4) is 0 Å². The van der Waals surface area contributed by atoms with E-state index >= 15 is 0 Å². The number of amides is 1. The number of rotatable bonds is 4. The van der Waals surface area contributed by atoms with Crippen LogP contribution in [0.5, 0.6) is 5.75 Å². The molecule has 6 heteroatoms. The fraction of sp³-hybridized carbons (Fsp3) is 0.0714. The van der Waals surface area contributed by atoms with Crippen molar-refractivity contribution in [2.45, 2.75) is 0 Å². The third-order valence-electron chi connectivity index (χ3n) is 2.65. The van der Waals surface area contributed by atoms with Gasteiger partial charge in [0.1, 0.15) is 5.75 Å². The van der Waals surface area contributed by atoms with Crippen molar-refractivity contribution in [2.24, 2.45) is 0 Å². The van der Waals surface area contributed by atoms with Gasteiger partial charge in [0.25, 0.3) is 11.6 Å². The largest absolute Gasteiger partial charge is 0.497 e. The summed E-state index contributed by atoms with van der Waals surface area (Å²) < 4.78 is 5.04. The van der Waals surface area contributed by atoms with Crippen LogP contribution in [0.1, 0.15) is 10.4 Å². The number of nitrogens with one attached hydrogen (secondary N) is 1. The van der Waals surface area contributed by atoms with E-state index in [1.165, 1.54) is 25.3 Å². The van der Waals surface area contributed by atoms with Gasteiger partial charge < -0.3 is 10.1 Å². The Balaban J connectivity index is 2.18. The summed E-state index contributed by atoms with van der Waals surface area (Å²) in [7, 11) is 1.51. The molecular formula is C14H12N2O4. The predicted molar refractivity (Wildman–Crippen MR) is 74.0 cm³/mol. The highest BCUT2D eigenvalue weighted by atomic mass is 16.6. The molecule has 1 amide bonds. The van der Waals surface area contributed by atoms with Gasteiger partial charge >= 0.3 is 0 Å². The number of carbonyl (C=O) groups excluding carboxylic acids is 1. The molecule has 0 aliphatic heterocycles. The number of carbonyl (C=O) groups is 1. The Morgan fingerprint density at radius 2 is 1.95 bits per heavy atom. The second-order valence-electron chi connectivity index (χ2n) is 3.99. The molecule has 0 radical (unpaired) electrons. The monoisotopic (exact) mass is 272 g/mol. The molecule has 0 aromatic heterocycles. The number of nitro groups is 1. The van der Waals surface area contributed by atoms with Crippen molar-refractivity contribution >= 4 is 17.3 Å². The molecule has 2 aromatic carbocycles. The molecule has 0 aliphatic rings. The lowest BCUT2D eigenvalue weighted by molar-refractivity contribution is -0.384. The Bertz CT molecular complexity index is 655. The van der Waals surface area contributed by atoms with Crippen LogP contribution in [-0.2, 0) is 0 Å².